The molecule has 2 atom stereocenters. The van der Waals surface area contributed by atoms with Gasteiger partial charge in [0, 0.05) is 22.1 Å². The number of furan rings is 1. The first-order valence-electron chi connectivity index (χ1n) is 5.70. The molecule has 1 aromatic heterocycles. The zero-order valence-corrected chi connectivity index (χ0v) is 11.6. The van der Waals surface area contributed by atoms with Crippen LogP contribution in [0.5, 0.6) is 0 Å². The summed E-state index contributed by atoms with van der Waals surface area (Å²) in [5.41, 5.74) is 2.46. The summed E-state index contributed by atoms with van der Waals surface area (Å²) >= 11 is 3.44. The van der Waals surface area contributed by atoms with Gasteiger partial charge in [0.25, 0.3) is 0 Å². The maximum Gasteiger partial charge on any atom is 0.0950 e. The first-order valence-corrected chi connectivity index (χ1v) is 6.49. The Morgan fingerprint density at radius 2 is 1.65 bits per heavy atom. The van der Waals surface area contributed by atoms with Gasteiger partial charge in [-0.2, -0.15) is 0 Å². The van der Waals surface area contributed by atoms with Crippen molar-refractivity contribution in [1.82, 2.24) is 5.32 Å². The molecular weight excluding hydrogens is 278 g/mol. The summed E-state index contributed by atoms with van der Waals surface area (Å²) < 4.78 is 6.20. The molecule has 2 nitrogen and oxygen atoms in total. The summed E-state index contributed by atoms with van der Waals surface area (Å²) in [6.45, 7) is 4.31. The van der Waals surface area contributed by atoms with Crippen LogP contribution in [0.1, 0.15) is 37.1 Å². The van der Waals surface area contributed by atoms with Crippen molar-refractivity contribution in [1.29, 1.82) is 0 Å². The van der Waals surface area contributed by atoms with Crippen molar-refractivity contribution in [2.45, 2.75) is 25.9 Å². The highest BCUT2D eigenvalue weighted by Crippen LogP contribution is 2.21. The van der Waals surface area contributed by atoms with Gasteiger partial charge in [-0.05, 0) is 37.6 Å². The molecule has 0 saturated carbocycles. The smallest absolute Gasteiger partial charge is 0.0950 e. The molecule has 0 radical (unpaired) electrons. The standard InChI is InChI=1S/C14H16BrNO/c1-10(12-3-5-14(15)6-4-12)16-11(2)13-7-8-17-9-13/h3-11,16H,1-2H3/t10-,11?/m1/s1. The van der Waals surface area contributed by atoms with Crippen molar-refractivity contribution in [3.05, 3.63) is 58.5 Å². The van der Waals surface area contributed by atoms with Gasteiger partial charge in [0.2, 0.25) is 0 Å². The largest absolute Gasteiger partial charge is 0.472 e. The highest BCUT2D eigenvalue weighted by Gasteiger charge is 2.11. The first kappa shape index (κ1) is 12.4. The Hall–Kier alpha value is -1.06. The molecule has 1 aromatic carbocycles. The maximum atomic E-state index is 5.09. The fourth-order valence-corrected chi connectivity index (χ4v) is 2.10. The number of rotatable bonds is 4. The van der Waals surface area contributed by atoms with E-state index in [2.05, 4.69) is 59.4 Å². The quantitative estimate of drug-likeness (QED) is 0.901. The van der Waals surface area contributed by atoms with Gasteiger partial charge in [-0.3, -0.25) is 0 Å². The van der Waals surface area contributed by atoms with E-state index in [0.29, 0.717) is 6.04 Å². The van der Waals surface area contributed by atoms with E-state index in [0.717, 1.165) is 4.47 Å². The molecule has 3 heteroatoms. The Bertz CT molecular complexity index is 450. The van der Waals surface area contributed by atoms with Crippen LogP contribution in [0, 0.1) is 0 Å². The van der Waals surface area contributed by atoms with Gasteiger partial charge in [0.1, 0.15) is 0 Å². The van der Waals surface area contributed by atoms with E-state index in [1.54, 1.807) is 12.5 Å². The Morgan fingerprint density at radius 1 is 1.00 bits per heavy atom. The highest BCUT2D eigenvalue weighted by molar-refractivity contribution is 9.10. The topological polar surface area (TPSA) is 25.2 Å². The summed E-state index contributed by atoms with van der Waals surface area (Å²) in [7, 11) is 0. The summed E-state index contributed by atoms with van der Waals surface area (Å²) in [6, 6.07) is 11.0. The summed E-state index contributed by atoms with van der Waals surface area (Å²) in [5, 5.41) is 3.54. The van der Waals surface area contributed by atoms with Gasteiger partial charge in [0.15, 0.2) is 0 Å². The molecule has 1 N–H and O–H groups in total. The number of halogens is 1. The summed E-state index contributed by atoms with van der Waals surface area (Å²) in [6.07, 6.45) is 3.49. The van der Waals surface area contributed by atoms with Crippen molar-refractivity contribution in [2.75, 3.05) is 0 Å². The van der Waals surface area contributed by atoms with Crippen LogP contribution in [0.15, 0.2) is 51.7 Å². The van der Waals surface area contributed by atoms with Crippen molar-refractivity contribution in [3.63, 3.8) is 0 Å². The molecule has 0 saturated heterocycles. The van der Waals surface area contributed by atoms with E-state index in [4.69, 9.17) is 4.42 Å². The number of hydrogen-bond acceptors (Lipinski definition) is 2. The lowest BCUT2D eigenvalue weighted by Gasteiger charge is -2.19. The van der Waals surface area contributed by atoms with Gasteiger partial charge >= 0.3 is 0 Å². The molecule has 0 aliphatic heterocycles. The lowest BCUT2D eigenvalue weighted by Crippen LogP contribution is -2.22. The van der Waals surface area contributed by atoms with Gasteiger partial charge in [0.05, 0.1) is 12.5 Å². The van der Waals surface area contributed by atoms with E-state index in [-0.39, 0.29) is 6.04 Å². The average Bonchev–Trinajstić information content (AvgIpc) is 2.83. The molecule has 0 amide bonds. The van der Waals surface area contributed by atoms with Crippen LogP contribution >= 0.6 is 15.9 Å². The maximum absolute atomic E-state index is 5.09. The van der Waals surface area contributed by atoms with Crippen LogP contribution < -0.4 is 5.32 Å². The van der Waals surface area contributed by atoms with Gasteiger partial charge in [-0.15, -0.1) is 0 Å². The van der Waals surface area contributed by atoms with Gasteiger partial charge in [-0.25, -0.2) is 0 Å². The Balaban J connectivity index is 2.01. The molecule has 0 aliphatic carbocycles. The van der Waals surface area contributed by atoms with E-state index in [9.17, 15) is 0 Å². The Kier molecular flexibility index (Phi) is 4.02. The zero-order valence-electron chi connectivity index (χ0n) is 9.98. The number of nitrogens with one attached hydrogen (secondary N) is 1. The third-order valence-electron chi connectivity index (χ3n) is 2.91. The first-order chi connectivity index (χ1) is 8.16. The molecule has 2 rings (SSSR count). The number of benzene rings is 1. The highest BCUT2D eigenvalue weighted by atomic mass is 79.9. The fraction of sp³-hybridized carbons (Fsp3) is 0.286. The second-order valence-electron chi connectivity index (χ2n) is 4.22. The monoisotopic (exact) mass is 293 g/mol. The predicted molar refractivity (Wildman–Crippen MR) is 72.8 cm³/mol. The molecular formula is C14H16BrNO. The van der Waals surface area contributed by atoms with Crippen LogP contribution in [-0.4, -0.2) is 0 Å². The third-order valence-corrected chi connectivity index (χ3v) is 3.44. The van der Waals surface area contributed by atoms with Crippen LogP contribution in [0.2, 0.25) is 0 Å². The lowest BCUT2D eigenvalue weighted by molar-refractivity contribution is 0.486. The van der Waals surface area contributed by atoms with Crippen LogP contribution in [-0.2, 0) is 0 Å². The van der Waals surface area contributed by atoms with Gasteiger partial charge in [-0.1, -0.05) is 28.1 Å². The minimum atomic E-state index is 0.285. The van der Waals surface area contributed by atoms with Crippen LogP contribution in [0.3, 0.4) is 0 Å². The minimum absolute atomic E-state index is 0.285. The van der Waals surface area contributed by atoms with Crippen LogP contribution in [0.4, 0.5) is 0 Å². The van der Waals surface area contributed by atoms with E-state index in [1.165, 1.54) is 11.1 Å². The Morgan fingerprint density at radius 3 is 2.24 bits per heavy atom. The van der Waals surface area contributed by atoms with Crippen molar-refractivity contribution < 1.29 is 4.42 Å². The van der Waals surface area contributed by atoms with Crippen molar-refractivity contribution in [2.24, 2.45) is 0 Å². The molecule has 2 aromatic rings. The number of hydrogen-bond donors (Lipinski definition) is 1. The second kappa shape index (κ2) is 5.52. The van der Waals surface area contributed by atoms with E-state index >= 15 is 0 Å². The predicted octanol–water partition coefficient (Wildman–Crippen LogP) is 4.45. The van der Waals surface area contributed by atoms with E-state index in [1.807, 2.05) is 6.07 Å². The molecule has 1 heterocycles. The summed E-state index contributed by atoms with van der Waals surface area (Å²) in [4.78, 5) is 0. The Labute approximate surface area is 110 Å². The molecule has 90 valence electrons. The van der Waals surface area contributed by atoms with E-state index < -0.39 is 0 Å². The van der Waals surface area contributed by atoms with Crippen molar-refractivity contribution >= 4 is 15.9 Å². The third kappa shape index (κ3) is 3.20. The minimum Gasteiger partial charge on any atom is -0.472 e. The molecule has 0 aliphatic rings. The van der Waals surface area contributed by atoms with Gasteiger partial charge < -0.3 is 9.73 Å². The fourth-order valence-electron chi connectivity index (χ4n) is 1.84. The molecule has 0 fully saturated rings. The summed E-state index contributed by atoms with van der Waals surface area (Å²) in [5.74, 6) is 0. The SMILES string of the molecule is CC(N[C@H](C)c1ccc(Br)cc1)c1ccoc1. The molecule has 1 unspecified atom stereocenters. The average molecular weight is 294 g/mol. The second-order valence-corrected chi connectivity index (χ2v) is 5.13. The molecule has 17 heavy (non-hydrogen) atoms. The van der Waals surface area contributed by atoms with Crippen molar-refractivity contribution in [3.8, 4) is 0 Å². The molecule has 0 bridgehead atoms. The zero-order chi connectivity index (χ0) is 12.3. The lowest BCUT2D eigenvalue weighted by atomic mass is 10.1. The molecule has 0 spiro atoms. The normalized spacial score (nSPS) is 14.5. The van der Waals surface area contributed by atoms with Crippen LogP contribution in [0.25, 0.3) is 0 Å².